The Bertz CT molecular complexity index is 416. The third kappa shape index (κ3) is 5.58. The van der Waals surface area contributed by atoms with Gasteiger partial charge in [0.05, 0.1) is 11.4 Å². The van der Waals surface area contributed by atoms with Gasteiger partial charge in [0.25, 0.3) is 0 Å². The molecule has 0 aliphatic heterocycles. The van der Waals surface area contributed by atoms with Crippen molar-refractivity contribution in [3.05, 3.63) is 60.7 Å². The van der Waals surface area contributed by atoms with Crippen molar-refractivity contribution in [3.8, 4) is 0 Å². The zero-order valence-electron chi connectivity index (χ0n) is 9.03. The van der Waals surface area contributed by atoms with Crippen LogP contribution in [0, 0.1) is 0 Å². The maximum atomic E-state index is 8.57. The Balaban J connectivity index is 0.000000437. The van der Waals surface area contributed by atoms with Crippen LogP contribution < -0.4 is 0 Å². The SMILES string of the molecule is O=CCl.c1ccc(N=Nc2ccccc2)cc1. The molecule has 0 aliphatic carbocycles. The molecule has 4 heteroatoms. The molecule has 0 aromatic heterocycles. The van der Waals surface area contributed by atoms with Crippen molar-refractivity contribution in [1.29, 1.82) is 0 Å². The molecule has 0 N–H and O–H groups in total. The Morgan fingerprint density at radius 1 is 0.765 bits per heavy atom. The quantitative estimate of drug-likeness (QED) is 0.436. The third-order valence-corrected chi connectivity index (χ3v) is 1.79. The Kier molecular flexibility index (Phi) is 6.29. The van der Waals surface area contributed by atoms with Crippen LogP contribution in [0.5, 0.6) is 0 Å². The summed E-state index contributed by atoms with van der Waals surface area (Å²) in [5.74, 6) is 0.222. The van der Waals surface area contributed by atoms with Crippen LogP contribution in [-0.4, -0.2) is 5.75 Å². The number of nitrogens with zero attached hydrogens (tertiary/aromatic N) is 2. The number of benzene rings is 2. The molecule has 0 fully saturated rings. The van der Waals surface area contributed by atoms with Gasteiger partial charge in [0, 0.05) is 0 Å². The summed E-state index contributed by atoms with van der Waals surface area (Å²) in [6.07, 6.45) is 0. The smallest absolute Gasteiger partial charge is 0.208 e. The van der Waals surface area contributed by atoms with Crippen molar-refractivity contribution in [2.45, 2.75) is 0 Å². The van der Waals surface area contributed by atoms with Crippen molar-refractivity contribution >= 4 is 28.7 Å². The van der Waals surface area contributed by atoms with Gasteiger partial charge >= 0.3 is 0 Å². The van der Waals surface area contributed by atoms with Crippen molar-refractivity contribution in [2.24, 2.45) is 10.2 Å². The van der Waals surface area contributed by atoms with E-state index in [4.69, 9.17) is 4.79 Å². The van der Waals surface area contributed by atoms with Crippen LogP contribution in [0.2, 0.25) is 0 Å². The Labute approximate surface area is 105 Å². The fourth-order valence-electron chi connectivity index (χ4n) is 1.10. The van der Waals surface area contributed by atoms with E-state index < -0.39 is 0 Å². The molecule has 0 atom stereocenters. The molecule has 0 spiro atoms. The Morgan fingerprint density at radius 2 is 1.06 bits per heavy atom. The van der Waals surface area contributed by atoms with Gasteiger partial charge in [-0.15, -0.1) is 0 Å². The third-order valence-electron chi connectivity index (χ3n) is 1.79. The highest BCUT2D eigenvalue weighted by Crippen LogP contribution is 2.16. The van der Waals surface area contributed by atoms with Crippen LogP contribution in [0.4, 0.5) is 11.4 Å². The van der Waals surface area contributed by atoms with E-state index in [-0.39, 0.29) is 5.75 Å². The maximum Gasteiger partial charge on any atom is 0.208 e. The summed E-state index contributed by atoms with van der Waals surface area (Å²) >= 11 is 4.32. The van der Waals surface area contributed by atoms with Crippen LogP contribution in [0.25, 0.3) is 0 Å². The van der Waals surface area contributed by atoms with Gasteiger partial charge in [-0.2, -0.15) is 10.2 Å². The standard InChI is InChI=1S/C12H10N2.CHClO/c1-3-7-11(8-4-1)13-14-12-9-5-2-6-10-12;2-1-3/h1-10H;1H. The van der Waals surface area contributed by atoms with E-state index in [0.717, 1.165) is 11.4 Å². The van der Waals surface area contributed by atoms with Crippen LogP contribution in [0.1, 0.15) is 0 Å². The number of carbonyl (C=O) groups is 1. The molecule has 2 aromatic carbocycles. The van der Waals surface area contributed by atoms with E-state index in [1.54, 1.807) is 0 Å². The molecule has 17 heavy (non-hydrogen) atoms. The van der Waals surface area contributed by atoms with Gasteiger partial charge in [0.1, 0.15) is 0 Å². The van der Waals surface area contributed by atoms with Crippen LogP contribution >= 0.6 is 11.6 Å². The minimum Gasteiger partial charge on any atom is -0.285 e. The molecule has 0 amide bonds. The first-order chi connectivity index (χ1) is 8.36. The van der Waals surface area contributed by atoms with Crippen LogP contribution in [-0.2, 0) is 4.79 Å². The first kappa shape index (κ1) is 13.1. The molecule has 0 radical (unpaired) electrons. The monoisotopic (exact) mass is 246 g/mol. The van der Waals surface area contributed by atoms with E-state index in [1.807, 2.05) is 60.7 Å². The summed E-state index contributed by atoms with van der Waals surface area (Å²) in [4.78, 5) is 8.57. The van der Waals surface area contributed by atoms with E-state index >= 15 is 0 Å². The van der Waals surface area contributed by atoms with Crippen molar-refractivity contribution in [3.63, 3.8) is 0 Å². The van der Waals surface area contributed by atoms with Crippen LogP contribution in [0.15, 0.2) is 70.9 Å². The Morgan fingerprint density at radius 3 is 1.35 bits per heavy atom. The molecule has 0 unspecified atom stereocenters. The maximum absolute atomic E-state index is 8.57. The van der Waals surface area contributed by atoms with Gasteiger partial charge in [-0.3, -0.25) is 4.79 Å². The first-order valence-electron chi connectivity index (χ1n) is 4.92. The Hall–Kier alpha value is -2.00. The molecule has 2 aromatic rings. The highest BCUT2D eigenvalue weighted by Gasteiger charge is 1.86. The summed E-state index contributed by atoms with van der Waals surface area (Å²) in [6, 6.07) is 19.4. The summed E-state index contributed by atoms with van der Waals surface area (Å²) in [5.41, 5.74) is 1.74. The molecular formula is C13H11ClN2O. The highest BCUT2D eigenvalue weighted by molar-refractivity contribution is 6.54. The number of azo groups is 1. The second-order valence-electron chi connectivity index (χ2n) is 2.96. The van der Waals surface area contributed by atoms with Gasteiger partial charge in [0.2, 0.25) is 5.75 Å². The lowest BCUT2D eigenvalue weighted by molar-refractivity contribution is 0.569. The van der Waals surface area contributed by atoms with Gasteiger partial charge < -0.3 is 0 Å². The van der Waals surface area contributed by atoms with E-state index in [0.29, 0.717) is 0 Å². The summed E-state index contributed by atoms with van der Waals surface area (Å²) in [7, 11) is 0. The molecule has 0 aliphatic rings. The molecule has 3 nitrogen and oxygen atoms in total. The van der Waals surface area contributed by atoms with Gasteiger partial charge in [0.15, 0.2) is 0 Å². The lowest BCUT2D eigenvalue weighted by atomic mass is 10.3. The minimum absolute atomic E-state index is 0.222. The predicted molar refractivity (Wildman–Crippen MR) is 69.7 cm³/mol. The molecule has 0 bridgehead atoms. The zero-order chi connectivity index (χ0) is 12.3. The topological polar surface area (TPSA) is 41.8 Å². The van der Waals surface area contributed by atoms with Crippen molar-refractivity contribution in [2.75, 3.05) is 0 Å². The minimum atomic E-state index is 0.222. The number of halogens is 1. The molecule has 0 saturated heterocycles. The van der Waals surface area contributed by atoms with E-state index in [2.05, 4.69) is 21.8 Å². The molecular weight excluding hydrogens is 236 g/mol. The van der Waals surface area contributed by atoms with E-state index in [9.17, 15) is 0 Å². The van der Waals surface area contributed by atoms with Crippen LogP contribution in [0.3, 0.4) is 0 Å². The number of carbonyl (C=O) groups excluding carboxylic acids is 1. The highest BCUT2D eigenvalue weighted by atomic mass is 35.5. The van der Waals surface area contributed by atoms with Crippen molar-refractivity contribution in [1.82, 2.24) is 0 Å². The van der Waals surface area contributed by atoms with Crippen molar-refractivity contribution < 1.29 is 4.79 Å². The average molecular weight is 247 g/mol. The second-order valence-corrected chi connectivity index (χ2v) is 3.14. The molecule has 2 rings (SSSR count). The van der Waals surface area contributed by atoms with E-state index in [1.165, 1.54) is 0 Å². The second kappa shape index (κ2) is 8.19. The fourth-order valence-corrected chi connectivity index (χ4v) is 1.10. The number of hydrogen-bond donors (Lipinski definition) is 0. The predicted octanol–water partition coefficient (Wildman–Crippen LogP) is 4.52. The lowest BCUT2D eigenvalue weighted by Crippen LogP contribution is -1.62. The molecule has 0 saturated carbocycles. The lowest BCUT2D eigenvalue weighted by Gasteiger charge is -1.91. The fraction of sp³-hybridized carbons (Fsp3) is 0. The summed E-state index contributed by atoms with van der Waals surface area (Å²) < 4.78 is 0. The van der Waals surface area contributed by atoms with Gasteiger partial charge in [-0.25, -0.2) is 0 Å². The normalized spacial score (nSPS) is 9.47. The number of rotatable bonds is 2. The molecule has 86 valence electrons. The first-order valence-corrected chi connectivity index (χ1v) is 5.36. The van der Waals surface area contributed by atoms with Gasteiger partial charge in [-0.05, 0) is 35.9 Å². The number of hydrogen-bond acceptors (Lipinski definition) is 3. The summed E-state index contributed by atoms with van der Waals surface area (Å²) in [6.45, 7) is 0. The summed E-state index contributed by atoms with van der Waals surface area (Å²) in [5, 5.41) is 8.20. The average Bonchev–Trinajstić information content (AvgIpc) is 2.40. The molecule has 0 heterocycles. The zero-order valence-corrected chi connectivity index (χ0v) is 9.79. The largest absolute Gasteiger partial charge is 0.285 e. The van der Waals surface area contributed by atoms with Gasteiger partial charge in [-0.1, -0.05) is 36.4 Å².